The van der Waals surface area contributed by atoms with Crippen molar-refractivity contribution in [3.63, 3.8) is 0 Å². The van der Waals surface area contributed by atoms with E-state index in [1.54, 1.807) is 6.20 Å². The molecular formula is C18H16ClIN2O. The monoisotopic (exact) mass is 438 g/mol. The largest absolute Gasteiger partial charge is 0.384 e. The summed E-state index contributed by atoms with van der Waals surface area (Å²) in [6.45, 7) is 0. The second-order valence-corrected chi connectivity index (χ2v) is 7.36. The first-order valence-corrected chi connectivity index (χ1v) is 9.79. The van der Waals surface area contributed by atoms with E-state index in [1.807, 2.05) is 42.6 Å². The molecular weight excluding hydrogens is 423 g/mol. The lowest BCUT2D eigenvalue weighted by Crippen LogP contribution is -2.06. The summed E-state index contributed by atoms with van der Waals surface area (Å²) < 4.78 is 8.72. The van der Waals surface area contributed by atoms with Crippen molar-refractivity contribution in [2.45, 2.75) is 18.4 Å². The number of aliphatic hydroxyl groups is 1. The van der Waals surface area contributed by atoms with E-state index in [2.05, 4.69) is 17.1 Å². The lowest BCUT2D eigenvalue weighted by atomic mass is 9.88. The van der Waals surface area contributed by atoms with E-state index >= 15 is 0 Å². The number of pyridine rings is 1. The van der Waals surface area contributed by atoms with Crippen molar-refractivity contribution < 1.29 is 5.11 Å². The Kier molecular flexibility index (Phi) is 5.35. The van der Waals surface area contributed by atoms with Crippen LogP contribution in [0, 0.1) is 7.13 Å². The fourth-order valence-electron chi connectivity index (χ4n) is 2.69. The van der Waals surface area contributed by atoms with Crippen LogP contribution in [0.4, 0.5) is 0 Å². The van der Waals surface area contributed by atoms with Crippen LogP contribution in [0.1, 0.15) is 29.6 Å². The molecule has 1 aliphatic carbocycles. The van der Waals surface area contributed by atoms with Gasteiger partial charge in [-0.3, -0.25) is 8.55 Å². The number of aliphatic hydroxyl groups excluding tert-OH is 1. The fraction of sp³-hybridized carbons (Fsp3) is 0.167. The molecule has 1 heterocycles. The maximum Gasteiger partial charge on any atom is 0.104 e. The van der Waals surface area contributed by atoms with Crippen molar-refractivity contribution in [2.75, 3.05) is 0 Å². The van der Waals surface area contributed by atoms with Crippen LogP contribution < -0.4 is 0 Å². The predicted molar refractivity (Wildman–Crippen MR) is 101 cm³/mol. The van der Waals surface area contributed by atoms with Gasteiger partial charge in [0.25, 0.3) is 0 Å². The van der Waals surface area contributed by atoms with Crippen molar-refractivity contribution in [2.24, 2.45) is 0 Å². The molecule has 0 bridgehead atoms. The number of hydrogen-bond donors (Lipinski definition) is 2. The van der Waals surface area contributed by atoms with Crippen molar-refractivity contribution in [1.82, 2.24) is 4.98 Å². The van der Waals surface area contributed by atoms with Crippen molar-refractivity contribution in [3.8, 4) is 0 Å². The van der Waals surface area contributed by atoms with Gasteiger partial charge in [-0.1, -0.05) is 60.2 Å². The van der Waals surface area contributed by atoms with Crippen LogP contribution in [0.3, 0.4) is 0 Å². The summed E-state index contributed by atoms with van der Waals surface area (Å²) in [4.78, 5) is 4.17. The Hall–Kier alpha value is -1.37. The summed E-state index contributed by atoms with van der Waals surface area (Å²) in [5, 5.41) is 11.1. The van der Waals surface area contributed by atoms with Crippen molar-refractivity contribution >= 4 is 32.6 Å². The first-order valence-electron chi connectivity index (χ1n) is 7.26. The van der Waals surface area contributed by atoms with Crippen molar-refractivity contribution in [3.05, 3.63) is 86.2 Å². The molecule has 2 atom stereocenters. The van der Waals surface area contributed by atoms with Gasteiger partial charge in [0.1, 0.15) is 6.10 Å². The third kappa shape index (κ3) is 3.59. The Morgan fingerprint density at radius 2 is 2.04 bits per heavy atom. The van der Waals surface area contributed by atoms with Crippen LogP contribution in [-0.4, -0.2) is 10.1 Å². The number of nitrogens with one attached hydrogen (secondary N) is 1. The average Bonchev–Trinajstić information content (AvgIpc) is 2.62. The summed E-state index contributed by atoms with van der Waals surface area (Å²) in [5.41, 5.74) is 2.84. The summed E-state index contributed by atoms with van der Waals surface area (Å²) in [5.74, 6) is 0.174. The van der Waals surface area contributed by atoms with Gasteiger partial charge in [0, 0.05) is 39.3 Å². The number of aromatic nitrogens is 1. The second kappa shape index (κ2) is 7.47. The van der Waals surface area contributed by atoms with Gasteiger partial charge in [-0.25, -0.2) is 0 Å². The first kappa shape index (κ1) is 16.5. The minimum Gasteiger partial charge on any atom is -0.384 e. The zero-order valence-corrected chi connectivity index (χ0v) is 15.2. The molecule has 1 aromatic carbocycles. The lowest BCUT2D eigenvalue weighted by molar-refractivity contribution is 0.218. The van der Waals surface area contributed by atoms with Crippen LogP contribution in [0.15, 0.2) is 66.5 Å². The van der Waals surface area contributed by atoms with E-state index in [4.69, 9.17) is 15.2 Å². The standard InChI is InChI=1S/C18H16ClIN2O/c19-16-11-22-10-15(17(16)20-21)12-6-8-14(9-7-12)18(23)13-4-2-1-3-5-13/h1-6,8-12,18,21,23H,7H2. The smallest absolute Gasteiger partial charge is 0.104 e. The van der Waals surface area contributed by atoms with Gasteiger partial charge in [-0.05, 0) is 23.1 Å². The molecule has 2 aromatic rings. The molecule has 0 amide bonds. The Morgan fingerprint density at radius 3 is 2.70 bits per heavy atom. The van der Waals surface area contributed by atoms with Crippen LogP contribution in [0.5, 0.6) is 0 Å². The summed E-state index contributed by atoms with van der Waals surface area (Å²) in [7, 11) is 0. The Balaban J connectivity index is 1.81. The zero-order valence-electron chi connectivity index (χ0n) is 12.3. The zero-order chi connectivity index (χ0) is 16.2. The highest BCUT2D eigenvalue weighted by molar-refractivity contribution is 14.2. The number of nitrogens with zero attached hydrogens (tertiary/aromatic N) is 1. The van der Waals surface area contributed by atoms with Crippen LogP contribution in [0.25, 0.3) is 0 Å². The van der Waals surface area contributed by atoms with E-state index in [9.17, 15) is 5.11 Å². The lowest BCUT2D eigenvalue weighted by Gasteiger charge is -2.21. The summed E-state index contributed by atoms with van der Waals surface area (Å²) >= 11 is 5.33. The first-order chi connectivity index (χ1) is 11.2. The maximum atomic E-state index is 10.5. The van der Waals surface area contributed by atoms with E-state index in [-0.39, 0.29) is 5.92 Å². The number of hydrogen-bond acceptors (Lipinski definition) is 3. The number of rotatable bonds is 4. The molecule has 3 rings (SSSR count). The SMILES string of the molecule is N=Ic1c(Cl)cncc1C1C=CC(C(O)c2ccccc2)=CC1. The molecule has 0 aliphatic heterocycles. The van der Waals surface area contributed by atoms with Crippen molar-refractivity contribution in [1.29, 1.82) is 3.56 Å². The Bertz CT molecular complexity index is 774. The van der Waals surface area contributed by atoms with E-state index < -0.39 is 27.1 Å². The molecule has 2 N–H and O–H groups in total. The molecule has 1 aliphatic rings. The molecule has 0 radical (unpaired) electrons. The second-order valence-electron chi connectivity index (χ2n) is 5.34. The Morgan fingerprint density at radius 1 is 1.26 bits per heavy atom. The van der Waals surface area contributed by atoms with Gasteiger partial charge in [0.15, 0.2) is 0 Å². The molecule has 0 saturated heterocycles. The number of benzene rings is 1. The van der Waals surface area contributed by atoms with E-state index in [1.165, 1.54) is 0 Å². The molecule has 1 aromatic heterocycles. The molecule has 0 spiro atoms. The number of allylic oxidation sites excluding steroid dienone is 2. The van der Waals surface area contributed by atoms with Crippen LogP contribution >= 0.6 is 32.6 Å². The van der Waals surface area contributed by atoms with E-state index in [0.717, 1.165) is 26.7 Å². The Labute approximate surface area is 150 Å². The molecule has 5 heteroatoms. The quantitative estimate of drug-likeness (QED) is 0.633. The molecule has 23 heavy (non-hydrogen) atoms. The fourth-order valence-corrected chi connectivity index (χ4v) is 4.34. The molecule has 0 fully saturated rings. The van der Waals surface area contributed by atoms with Crippen LogP contribution in [-0.2, 0) is 0 Å². The molecule has 3 nitrogen and oxygen atoms in total. The molecule has 0 saturated carbocycles. The van der Waals surface area contributed by atoms with Gasteiger partial charge in [-0.2, -0.15) is 0 Å². The highest BCUT2D eigenvalue weighted by Gasteiger charge is 2.19. The number of halogens is 2. The summed E-state index contributed by atoms with van der Waals surface area (Å²) in [6, 6.07) is 9.64. The van der Waals surface area contributed by atoms with E-state index in [0.29, 0.717) is 5.02 Å². The molecule has 118 valence electrons. The third-order valence-corrected chi connectivity index (χ3v) is 6.27. The minimum atomic E-state index is -0.848. The predicted octanol–water partition coefficient (Wildman–Crippen LogP) is 5.34. The van der Waals surface area contributed by atoms with Gasteiger partial charge in [-0.15, -0.1) is 0 Å². The normalized spacial score (nSPS) is 18.5. The van der Waals surface area contributed by atoms with Gasteiger partial charge < -0.3 is 5.11 Å². The highest BCUT2D eigenvalue weighted by atomic mass is 127. The molecule has 2 unspecified atom stereocenters. The topological polar surface area (TPSA) is 57.0 Å². The van der Waals surface area contributed by atoms with Gasteiger partial charge in [0.2, 0.25) is 0 Å². The minimum absolute atomic E-state index is 0.174. The highest BCUT2D eigenvalue weighted by Crippen LogP contribution is 2.36. The summed E-state index contributed by atoms with van der Waals surface area (Å²) in [6.07, 6.45) is 9.73. The third-order valence-electron chi connectivity index (χ3n) is 3.92. The van der Waals surface area contributed by atoms with Crippen LogP contribution in [0.2, 0.25) is 5.02 Å². The average molecular weight is 439 g/mol. The maximum absolute atomic E-state index is 10.5. The van der Waals surface area contributed by atoms with Gasteiger partial charge >= 0.3 is 0 Å². The van der Waals surface area contributed by atoms with Gasteiger partial charge in [0.05, 0.1) is 8.59 Å².